The summed E-state index contributed by atoms with van der Waals surface area (Å²) in [6.45, 7) is 10.9. The molecule has 33 heavy (non-hydrogen) atoms. The number of nitrogens with one attached hydrogen (secondary N) is 3. The largest absolute Gasteiger partial charge is 0.345 e. The predicted molar refractivity (Wildman–Crippen MR) is 128 cm³/mol. The smallest absolute Gasteiger partial charge is 0.254 e. The maximum Gasteiger partial charge on any atom is 0.254 e. The zero-order valence-electron chi connectivity index (χ0n) is 20.1. The Balaban J connectivity index is 2.24. The number of rotatable bonds is 10. The highest BCUT2D eigenvalue weighted by molar-refractivity contribution is 6.07. The van der Waals surface area contributed by atoms with Crippen molar-refractivity contribution in [3.63, 3.8) is 0 Å². The fraction of sp³-hybridized carbons (Fsp3) is 0.480. The Morgan fingerprint density at radius 1 is 1.06 bits per heavy atom. The average Bonchev–Trinajstić information content (AvgIpc) is 2.78. The minimum Gasteiger partial charge on any atom is -0.345 e. The van der Waals surface area contributed by atoms with Gasteiger partial charge in [0.25, 0.3) is 5.91 Å². The van der Waals surface area contributed by atoms with Crippen molar-refractivity contribution in [3.8, 4) is 0 Å². The number of fused-ring (bicyclic) bond motifs is 1. The van der Waals surface area contributed by atoms with Crippen molar-refractivity contribution in [2.24, 2.45) is 11.3 Å². The predicted octanol–water partition coefficient (Wildman–Crippen LogP) is 2.27. The summed E-state index contributed by atoms with van der Waals surface area (Å²) in [5, 5.41) is 10.2. The van der Waals surface area contributed by atoms with Gasteiger partial charge in [-0.25, -0.2) is 0 Å². The average molecular weight is 455 g/mol. The van der Waals surface area contributed by atoms with Crippen LogP contribution in [0.1, 0.15) is 51.9 Å². The second kappa shape index (κ2) is 10.7. The van der Waals surface area contributed by atoms with Gasteiger partial charge in [-0.2, -0.15) is 0 Å². The summed E-state index contributed by atoms with van der Waals surface area (Å²) in [6, 6.07) is 6.10. The molecule has 3 atom stereocenters. The van der Waals surface area contributed by atoms with E-state index < -0.39 is 28.9 Å². The lowest BCUT2D eigenvalue weighted by atomic mass is 9.74. The molecule has 1 heterocycles. The molecule has 0 aliphatic carbocycles. The summed E-state index contributed by atoms with van der Waals surface area (Å²) in [5.74, 6) is -0.837. The highest BCUT2D eigenvalue weighted by Gasteiger charge is 2.44. The number of benzene rings is 1. The third kappa shape index (κ3) is 6.01. The molecule has 0 fully saturated rings. The van der Waals surface area contributed by atoms with E-state index in [2.05, 4.69) is 20.9 Å². The van der Waals surface area contributed by atoms with Gasteiger partial charge in [-0.05, 0) is 23.6 Å². The minimum atomic E-state index is -1.31. The lowest BCUT2D eigenvalue weighted by Crippen LogP contribution is -2.65. The molecule has 178 valence electrons. The first-order chi connectivity index (χ1) is 15.5. The zero-order chi connectivity index (χ0) is 24.8. The maximum atomic E-state index is 13.3. The molecule has 1 aromatic carbocycles. The van der Waals surface area contributed by atoms with Gasteiger partial charge in [0.1, 0.15) is 18.1 Å². The molecule has 0 bridgehead atoms. The van der Waals surface area contributed by atoms with Gasteiger partial charge in [-0.3, -0.25) is 14.6 Å². The summed E-state index contributed by atoms with van der Waals surface area (Å²) in [4.78, 5) is 53.6. The molecule has 0 saturated carbocycles. The second-order valence-corrected chi connectivity index (χ2v) is 9.72. The summed E-state index contributed by atoms with van der Waals surface area (Å²) >= 11 is 0. The van der Waals surface area contributed by atoms with Crippen molar-refractivity contribution in [2.45, 2.75) is 59.2 Å². The first kappa shape index (κ1) is 26.1. The standard InChI is InChI=1S/C25H34N4O4/c1-16(2)21(13-30)28-22(32)17(3)27-14-25(15-31,24(4,5)6)29-23(33)20-12-26-11-18-9-7-8-10-19(18)20/h7-13,15-17,21,27H,14H2,1-6H3,(H,28,32)(H,29,33)/t17-,21+,25-/m0/s1. The van der Waals surface area contributed by atoms with Gasteiger partial charge >= 0.3 is 0 Å². The minimum absolute atomic E-state index is 0.0198. The number of carbonyl (C=O) groups excluding carboxylic acids is 4. The molecular formula is C25H34N4O4. The van der Waals surface area contributed by atoms with E-state index in [0.29, 0.717) is 18.1 Å². The van der Waals surface area contributed by atoms with Crippen LogP contribution in [-0.2, 0) is 14.4 Å². The molecule has 3 N–H and O–H groups in total. The van der Waals surface area contributed by atoms with E-state index in [9.17, 15) is 19.2 Å². The molecule has 8 heteroatoms. The number of nitrogens with zero attached hydrogens (tertiary/aromatic N) is 1. The van der Waals surface area contributed by atoms with Crippen LogP contribution in [0.15, 0.2) is 36.7 Å². The zero-order valence-corrected chi connectivity index (χ0v) is 20.1. The number of aldehydes is 2. The van der Waals surface area contributed by atoms with E-state index in [4.69, 9.17) is 0 Å². The number of hydrogen-bond acceptors (Lipinski definition) is 6. The Morgan fingerprint density at radius 2 is 1.73 bits per heavy atom. The van der Waals surface area contributed by atoms with Crippen molar-refractivity contribution < 1.29 is 19.2 Å². The third-order valence-corrected chi connectivity index (χ3v) is 6.04. The maximum absolute atomic E-state index is 13.3. The summed E-state index contributed by atoms with van der Waals surface area (Å²) in [6.07, 6.45) is 4.57. The molecule has 0 unspecified atom stereocenters. The van der Waals surface area contributed by atoms with E-state index in [-0.39, 0.29) is 18.4 Å². The van der Waals surface area contributed by atoms with Crippen LogP contribution in [0.4, 0.5) is 0 Å². The topological polar surface area (TPSA) is 117 Å². The van der Waals surface area contributed by atoms with Crippen LogP contribution >= 0.6 is 0 Å². The lowest BCUT2D eigenvalue weighted by Gasteiger charge is -2.41. The van der Waals surface area contributed by atoms with Crippen LogP contribution < -0.4 is 16.0 Å². The van der Waals surface area contributed by atoms with Gasteiger partial charge in [-0.1, -0.05) is 58.9 Å². The van der Waals surface area contributed by atoms with Gasteiger partial charge in [0, 0.05) is 24.3 Å². The van der Waals surface area contributed by atoms with Gasteiger partial charge in [-0.15, -0.1) is 0 Å². The van der Waals surface area contributed by atoms with Gasteiger partial charge in [0.2, 0.25) is 5.91 Å². The highest BCUT2D eigenvalue weighted by atomic mass is 16.2. The van der Waals surface area contributed by atoms with Crippen molar-refractivity contribution in [1.29, 1.82) is 0 Å². The fourth-order valence-corrected chi connectivity index (χ4v) is 3.37. The number of pyridine rings is 1. The summed E-state index contributed by atoms with van der Waals surface area (Å²) in [7, 11) is 0. The summed E-state index contributed by atoms with van der Waals surface area (Å²) in [5.41, 5.74) is -1.62. The molecule has 2 amide bonds. The van der Waals surface area contributed by atoms with Crippen LogP contribution in [0.5, 0.6) is 0 Å². The normalized spacial score (nSPS) is 15.4. The Bertz CT molecular complexity index is 1010. The number of amides is 2. The molecule has 2 rings (SSSR count). The van der Waals surface area contributed by atoms with Crippen LogP contribution in [0.2, 0.25) is 0 Å². The van der Waals surface area contributed by atoms with Gasteiger partial charge in [0.05, 0.1) is 17.6 Å². The van der Waals surface area contributed by atoms with Crippen LogP contribution in [0, 0.1) is 11.3 Å². The molecule has 0 saturated heterocycles. The first-order valence-corrected chi connectivity index (χ1v) is 11.1. The first-order valence-electron chi connectivity index (χ1n) is 11.1. The lowest BCUT2D eigenvalue weighted by molar-refractivity contribution is -0.126. The van der Waals surface area contributed by atoms with Crippen LogP contribution in [-0.4, -0.2) is 53.5 Å². The van der Waals surface area contributed by atoms with Gasteiger partial charge < -0.3 is 25.5 Å². The van der Waals surface area contributed by atoms with E-state index in [1.807, 2.05) is 58.9 Å². The number of carbonyl (C=O) groups is 4. The monoisotopic (exact) mass is 454 g/mol. The Morgan fingerprint density at radius 3 is 2.30 bits per heavy atom. The van der Waals surface area contributed by atoms with Crippen LogP contribution in [0.3, 0.4) is 0 Å². The molecule has 0 spiro atoms. The molecular weight excluding hydrogens is 420 g/mol. The number of hydrogen-bond donors (Lipinski definition) is 3. The molecule has 1 aromatic heterocycles. The van der Waals surface area contributed by atoms with Crippen molar-refractivity contribution in [2.75, 3.05) is 6.54 Å². The van der Waals surface area contributed by atoms with Crippen molar-refractivity contribution in [1.82, 2.24) is 20.9 Å². The van der Waals surface area contributed by atoms with E-state index in [0.717, 1.165) is 10.8 Å². The molecule has 0 aliphatic heterocycles. The quantitative estimate of drug-likeness (QED) is 0.474. The van der Waals surface area contributed by atoms with Crippen molar-refractivity contribution >= 4 is 35.2 Å². The second-order valence-electron chi connectivity index (χ2n) is 9.72. The van der Waals surface area contributed by atoms with E-state index in [1.165, 1.54) is 6.20 Å². The Hall–Kier alpha value is -3.13. The van der Waals surface area contributed by atoms with Crippen LogP contribution in [0.25, 0.3) is 10.8 Å². The number of aromatic nitrogens is 1. The molecule has 8 nitrogen and oxygen atoms in total. The Kier molecular flexibility index (Phi) is 8.44. The fourth-order valence-electron chi connectivity index (χ4n) is 3.37. The molecule has 2 aromatic rings. The SMILES string of the molecule is CC(C)[C@@H](C=O)NC(=O)[C@H](C)NC[C@@](C=O)(NC(=O)c1cncc2ccccc12)C(C)(C)C. The highest BCUT2D eigenvalue weighted by Crippen LogP contribution is 2.29. The summed E-state index contributed by atoms with van der Waals surface area (Å²) < 4.78 is 0. The molecule has 0 aliphatic rings. The molecule has 0 radical (unpaired) electrons. The van der Waals surface area contributed by atoms with Crippen molar-refractivity contribution in [3.05, 3.63) is 42.2 Å². The van der Waals surface area contributed by atoms with E-state index in [1.54, 1.807) is 13.1 Å². The van der Waals surface area contributed by atoms with Gasteiger partial charge in [0.15, 0.2) is 0 Å². The van der Waals surface area contributed by atoms with E-state index >= 15 is 0 Å². The third-order valence-electron chi connectivity index (χ3n) is 6.04. The Labute approximate surface area is 194 Å².